The molecule has 0 aromatic heterocycles. The van der Waals surface area contributed by atoms with Crippen LogP contribution in [0.1, 0.15) is 118 Å². The van der Waals surface area contributed by atoms with Crippen LogP contribution in [0.2, 0.25) is 0 Å². The summed E-state index contributed by atoms with van der Waals surface area (Å²) in [4.78, 5) is 0. The van der Waals surface area contributed by atoms with Crippen molar-refractivity contribution in [1.82, 2.24) is 0 Å². The highest BCUT2D eigenvalue weighted by Crippen LogP contribution is 2.37. The summed E-state index contributed by atoms with van der Waals surface area (Å²) in [7, 11) is 0. The van der Waals surface area contributed by atoms with Gasteiger partial charge >= 0.3 is 0 Å². The number of aliphatic hydroxyl groups is 2. The van der Waals surface area contributed by atoms with Crippen molar-refractivity contribution in [1.29, 1.82) is 0 Å². The number of hydrogen-bond acceptors (Lipinski definition) is 2. The van der Waals surface area contributed by atoms with E-state index in [0.29, 0.717) is 23.1 Å². The first-order chi connectivity index (χ1) is 13.7. The molecule has 0 spiro atoms. The highest BCUT2D eigenvalue weighted by molar-refractivity contribution is 6.20. The van der Waals surface area contributed by atoms with Crippen molar-refractivity contribution in [2.24, 2.45) is 29.1 Å². The van der Waals surface area contributed by atoms with Gasteiger partial charge in [-0.05, 0) is 93.3 Å². The van der Waals surface area contributed by atoms with Crippen LogP contribution in [0.15, 0.2) is 0 Å². The maximum absolute atomic E-state index is 10.6. The molecule has 2 aliphatic rings. The van der Waals surface area contributed by atoms with Gasteiger partial charge in [0.1, 0.15) is 0 Å². The number of alkyl halides is 1. The Morgan fingerprint density at radius 3 is 2.24 bits per heavy atom. The monoisotopic (exact) mass is 428 g/mol. The van der Waals surface area contributed by atoms with E-state index in [-0.39, 0.29) is 17.6 Å². The molecule has 0 bridgehead atoms. The lowest BCUT2D eigenvalue weighted by Crippen LogP contribution is -2.27. The van der Waals surface area contributed by atoms with Crippen LogP contribution in [0, 0.1) is 29.1 Å². The summed E-state index contributed by atoms with van der Waals surface area (Å²) in [6.07, 6.45) is 15.6. The van der Waals surface area contributed by atoms with Gasteiger partial charge in [0.05, 0.1) is 12.2 Å². The minimum Gasteiger partial charge on any atom is -0.393 e. The van der Waals surface area contributed by atoms with Crippen molar-refractivity contribution in [2.45, 2.75) is 135 Å². The molecule has 5 atom stereocenters. The first-order valence-corrected chi connectivity index (χ1v) is 13.1. The molecule has 172 valence electrons. The molecule has 4 unspecified atom stereocenters. The van der Waals surface area contributed by atoms with Gasteiger partial charge in [-0.2, -0.15) is 0 Å². The topological polar surface area (TPSA) is 40.5 Å². The van der Waals surface area contributed by atoms with E-state index in [4.69, 9.17) is 11.6 Å². The van der Waals surface area contributed by atoms with E-state index in [1.54, 1.807) is 0 Å². The highest BCUT2D eigenvalue weighted by atomic mass is 35.5. The SMILES string of the molecule is CC1CCC(C(O)CCC(C)(C)CCCC(O)CCC2CC[C@@H](C)C(Cl)C2)CC1. The summed E-state index contributed by atoms with van der Waals surface area (Å²) < 4.78 is 0. The van der Waals surface area contributed by atoms with Gasteiger partial charge in [0.25, 0.3) is 0 Å². The molecule has 0 saturated heterocycles. The summed E-state index contributed by atoms with van der Waals surface area (Å²) in [5.74, 6) is 2.74. The number of hydrogen-bond donors (Lipinski definition) is 2. The lowest BCUT2D eigenvalue weighted by atomic mass is 9.76. The third-order valence-electron chi connectivity index (χ3n) is 8.23. The second-order valence-corrected chi connectivity index (χ2v) is 12.1. The van der Waals surface area contributed by atoms with E-state index in [1.165, 1.54) is 38.5 Å². The standard InChI is InChI=1S/C26H49ClO2/c1-19-7-12-22(13-8-19)25(29)15-17-26(3,4)16-5-6-23(28)14-11-21-10-9-20(2)24(27)18-21/h19-25,28-29H,5-18H2,1-4H3/t19?,20-,21?,22?,23?,24?,25?/m1/s1. The fourth-order valence-electron chi connectivity index (χ4n) is 5.57. The van der Waals surface area contributed by atoms with E-state index in [2.05, 4.69) is 27.7 Å². The van der Waals surface area contributed by atoms with E-state index in [0.717, 1.165) is 57.3 Å². The average Bonchev–Trinajstić information content (AvgIpc) is 2.67. The maximum atomic E-state index is 10.6. The first-order valence-electron chi connectivity index (χ1n) is 12.7. The predicted molar refractivity (Wildman–Crippen MR) is 125 cm³/mol. The molecule has 2 rings (SSSR count). The van der Waals surface area contributed by atoms with Crippen molar-refractivity contribution in [3.05, 3.63) is 0 Å². The largest absolute Gasteiger partial charge is 0.393 e. The molecule has 0 amide bonds. The minimum absolute atomic E-state index is 0.115. The molecular weight excluding hydrogens is 380 g/mol. The molecule has 2 N–H and O–H groups in total. The Labute approximate surface area is 186 Å². The molecule has 3 heteroatoms. The quantitative estimate of drug-likeness (QED) is 0.338. The van der Waals surface area contributed by atoms with Crippen molar-refractivity contribution >= 4 is 11.6 Å². The smallest absolute Gasteiger partial charge is 0.0568 e. The van der Waals surface area contributed by atoms with Crippen LogP contribution >= 0.6 is 11.6 Å². The van der Waals surface area contributed by atoms with Crippen molar-refractivity contribution in [3.63, 3.8) is 0 Å². The predicted octanol–water partition coefficient (Wildman–Crippen LogP) is 7.34. The Bertz CT molecular complexity index is 444. The maximum Gasteiger partial charge on any atom is 0.0568 e. The average molecular weight is 429 g/mol. The molecule has 2 fully saturated rings. The van der Waals surface area contributed by atoms with Gasteiger partial charge in [0, 0.05) is 5.38 Å². The van der Waals surface area contributed by atoms with Crippen molar-refractivity contribution in [2.75, 3.05) is 0 Å². The second-order valence-electron chi connectivity index (χ2n) is 11.6. The number of aliphatic hydroxyl groups excluding tert-OH is 2. The van der Waals surface area contributed by atoms with E-state index < -0.39 is 0 Å². The number of halogens is 1. The van der Waals surface area contributed by atoms with Crippen molar-refractivity contribution in [3.8, 4) is 0 Å². The Morgan fingerprint density at radius 1 is 0.897 bits per heavy atom. The summed E-state index contributed by atoms with van der Waals surface area (Å²) in [6.45, 7) is 9.27. The fraction of sp³-hybridized carbons (Fsp3) is 1.00. The zero-order valence-corrected chi connectivity index (χ0v) is 20.5. The molecule has 0 radical (unpaired) electrons. The fourth-order valence-corrected chi connectivity index (χ4v) is 5.95. The second kappa shape index (κ2) is 12.3. The molecule has 2 nitrogen and oxygen atoms in total. The molecule has 0 aromatic rings. The van der Waals surface area contributed by atoms with Gasteiger partial charge in [0.2, 0.25) is 0 Å². The van der Waals surface area contributed by atoms with Crippen LogP contribution in [0.5, 0.6) is 0 Å². The van der Waals surface area contributed by atoms with Gasteiger partial charge in [-0.15, -0.1) is 11.6 Å². The zero-order valence-electron chi connectivity index (χ0n) is 19.7. The molecule has 0 aromatic carbocycles. The van der Waals surface area contributed by atoms with Gasteiger partial charge in [0.15, 0.2) is 0 Å². The van der Waals surface area contributed by atoms with Crippen LogP contribution in [-0.2, 0) is 0 Å². The Hall–Kier alpha value is 0.210. The molecule has 0 aliphatic heterocycles. The van der Waals surface area contributed by atoms with Crippen LogP contribution in [-0.4, -0.2) is 27.8 Å². The summed E-state index contributed by atoms with van der Waals surface area (Å²) in [5.41, 5.74) is 0.258. The Kier molecular flexibility index (Phi) is 10.8. The minimum atomic E-state index is -0.159. The first kappa shape index (κ1) is 25.5. The lowest BCUT2D eigenvalue weighted by molar-refractivity contribution is 0.0558. The van der Waals surface area contributed by atoms with Crippen LogP contribution in [0.25, 0.3) is 0 Å². The number of rotatable bonds is 11. The molecule has 2 saturated carbocycles. The zero-order chi connectivity index (χ0) is 21.4. The van der Waals surface area contributed by atoms with Gasteiger partial charge in [-0.1, -0.05) is 53.4 Å². The van der Waals surface area contributed by atoms with E-state index in [1.807, 2.05) is 0 Å². The Morgan fingerprint density at radius 2 is 1.59 bits per heavy atom. The molecule has 2 aliphatic carbocycles. The third kappa shape index (κ3) is 9.48. The van der Waals surface area contributed by atoms with Crippen LogP contribution in [0.4, 0.5) is 0 Å². The summed E-state index contributed by atoms with van der Waals surface area (Å²) in [6, 6.07) is 0. The van der Waals surface area contributed by atoms with E-state index >= 15 is 0 Å². The third-order valence-corrected chi connectivity index (χ3v) is 8.84. The molecular formula is C26H49ClO2. The molecule has 29 heavy (non-hydrogen) atoms. The summed E-state index contributed by atoms with van der Waals surface area (Å²) >= 11 is 6.44. The van der Waals surface area contributed by atoms with Crippen LogP contribution in [0.3, 0.4) is 0 Å². The normalized spacial score (nSPS) is 33.4. The van der Waals surface area contributed by atoms with Gasteiger partial charge in [-0.3, -0.25) is 0 Å². The van der Waals surface area contributed by atoms with Gasteiger partial charge < -0.3 is 10.2 Å². The summed E-state index contributed by atoms with van der Waals surface area (Å²) in [5, 5.41) is 21.4. The highest BCUT2D eigenvalue weighted by Gasteiger charge is 2.28. The lowest BCUT2D eigenvalue weighted by Gasteiger charge is -2.32. The molecule has 0 heterocycles. The van der Waals surface area contributed by atoms with Gasteiger partial charge in [-0.25, -0.2) is 0 Å². The van der Waals surface area contributed by atoms with Crippen molar-refractivity contribution < 1.29 is 10.2 Å². The Balaban J connectivity index is 1.56. The van der Waals surface area contributed by atoms with E-state index in [9.17, 15) is 10.2 Å². The van der Waals surface area contributed by atoms with Crippen LogP contribution < -0.4 is 0 Å².